The van der Waals surface area contributed by atoms with E-state index in [1.54, 1.807) is 35.4 Å². The molecule has 27 heavy (non-hydrogen) atoms. The first-order valence-corrected chi connectivity index (χ1v) is 9.79. The van der Waals surface area contributed by atoms with E-state index in [4.69, 9.17) is 22.1 Å². The van der Waals surface area contributed by atoms with Gasteiger partial charge in [0.25, 0.3) is 0 Å². The second kappa shape index (κ2) is 6.80. The summed E-state index contributed by atoms with van der Waals surface area (Å²) >= 11 is 9.46. The van der Waals surface area contributed by atoms with E-state index in [1.807, 2.05) is 0 Å². The van der Waals surface area contributed by atoms with E-state index in [0.717, 1.165) is 19.1 Å². The first-order chi connectivity index (χ1) is 12.9. The van der Waals surface area contributed by atoms with Crippen LogP contribution in [0.1, 0.15) is 25.7 Å². The summed E-state index contributed by atoms with van der Waals surface area (Å²) in [4.78, 5) is 30.4. The topological polar surface area (TPSA) is 85.5 Å². The molecule has 0 radical (unpaired) electrons. The minimum atomic E-state index is -0.776. The maximum Gasteiger partial charge on any atom is 0.232 e. The number of ether oxygens (including phenoxy) is 1. The number of nitrogens with two attached hydrogens (primary N) is 1. The Labute approximate surface area is 169 Å². The molecule has 0 aliphatic heterocycles. The summed E-state index contributed by atoms with van der Waals surface area (Å²) in [5.41, 5.74) is 5.41. The molecule has 1 aromatic carbocycles. The second-order valence-electron chi connectivity index (χ2n) is 6.93. The van der Waals surface area contributed by atoms with Crippen molar-refractivity contribution in [3.8, 4) is 11.5 Å². The molecule has 2 aliphatic rings. The van der Waals surface area contributed by atoms with Crippen LogP contribution in [0.5, 0.6) is 11.5 Å². The molecule has 2 saturated carbocycles. The lowest BCUT2D eigenvalue weighted by Crippen LogP contribution is -2.45. The number of rotatable bonds is 6. The number of nitrogens with zero attached hydrogens (tertiary/aromatic N) is 2. The van der Waals surface area contributed by atoms with Gasteiger partial charge in [-0.25, -0.2) is 4.98 Å². The molecule has 6 nitrogen and oxygen atoms in total. The predicted octanol–water partition coefficient (Wildman–Crippen LogP) is 4.35. The molecule has 0 saturated heterocycles. The summed E-state index contributed by atoms with van der Waals surface area (Å²) < 4.78 is 6.52. The van der Waals surface area contributed by atoms with Crippen LogP contribution in [0.4, 0.5) is 11.5 Å². The molecule has 2 fully saturated rings. The van der Waals surface area contributed by atoms with Crippen molar-refractivity contribution in [2.24, 2.45) is 5.92 Å². The third-order valence-electron chi connectivity index (χ3n) is 4.81. The normalized spacial score (nSPS) is 17.3. The van der Waals surface area contributed by atoms with Gasteiger partial charge in [-0.1, -0.05) is 11.6 Å². The quantitative estimate of drug-likeness (QED) is 0.522. The summed E-state index contributed by atoms with van der Waals surface area (Å²) in [6, 6.07) is 6.64. The van der Waals surface area contributed by atoms with Crippen LogP contribution in [-0.4, -0.2) is 22.7 Å². The third kappa shape index (κ3) is 3.53. The molecule has 1 amide bonds. The highest BCUT2D eigenvalue weighted by Crippen LogP contribution is 2.46. The molecular weight excluding hydrogens is 434 g/mol. The molecular formula is C19H17BrClN3O3. The van der Waals surface area contributed by atoms with Crippen molar-refractivity contribution in [2.75, 3.05) is 10.6 Å². The van der Waals surface area contributed by atoms with Crippen LogP contribution >= 0.6 is 27.5 Å². The van der Waals surface area contributed by atoms with Crippen molar-refractivity contribution in [3.63, 3.8) is 0 Å². The van der Waals surface area contributed by atoms with Crippen LogP contribution < -0.4 is 15.4 Å². The average Bonchev–Trinajstić information content (AvgIpc) is 3.54. The lowest BCUT2D eigenvalue weighted by molar-refractivity contribution is -0.122. The first kappa shape index (κ1) is 18.3. The van der Waals surface area contributed by atoms with Gasteiger partial charge < -0.3 is 15.3 Å². The average molecular weight is 451 g/mol. The number of anilines is 2. The Morgan fingerprint density at radius 1 is 1.37 bits per heavy atom. The summed E-state index contributed by atoms with van der Waals surface area (Å²) in [5, 5.41) is 0.390. The van der Waals surface area contributed by atoms with E-state index in [1.165, 1.54) is 0 Å². The molecule has 140 valence electrons. The van der Waals surface area contributed by atoms with E-state index in [-0.39, 0.29) is 11.8 Å². The van der Waals surface area contributed by atoms with E-state index >= 15 is 0 Å². The monoisotopic (exact) mass is 449 g/mol. The van der Waals surface area contributed by atoms with Crippen LogP contribution in [0.3, 0.4) is 0 Å². The van der Waals surface area contributed by atoms with Crippen LogP contribution in [-0.2, 0) is 9.59 Å². The minimum absolute atomic E-state index is 0.0202. The summed E-state index contributed by atoms with van der Waals surface area (Å²) in [5.74, 6) is 1.32. The molecule has 2 aliphatic carbocycles. The first-order valence-electron chi connectivity index (χ1n) is 8.62. The molecule has 2 N–H and O–H groups in total. The number of halogens is 2. The highest BCUT2D eigenvalue weighted by atomic mass is 79.9. The largest absolute Gasteiger partial charge is 0.456 e. The molecule has 0 unspecified atom stereocenters. The lowest BCUT2D eigenvalue weighted by atomic mass is 10.2. The number of aldehydes is 1. The molecule has 4 rings (SSSR count). The van der Waals surface area contributed by atoms with Crippen molar-refractivity contribution < 1.29 is 14.3 Å². The van der Waals surface area contributed by atoms with Gasteiger partial charge in [0.2, 0.25) is 5.91 Å². The van der Waals surface area contributed by atoms with Crippen LogP contribution in [0.2, 0.25) is 5.02 Å². The maximum absolute atomic E-state index is 12.8. The number of pyridine rings is 1. The van der Waals surface area contributed by atoms with E-state index in [2.05, 4.69) is 20.9 Å². The second-order valence-corrected chi connectivity index (χ2v) is 8.19. The lowest BCUT2D eigenvalue weighted by Gasteiger charge is -2.28. The molecule has 1 heterocycles. The van der Waals surface area contributed by atoms with Crippen molar-refractivity contribution in [1.29, 1.82) is 0 Å². The molecule has 0 atom stereocenters. The molecule has 0 spiro atoms. The molecule has 8 heteroatoms. The Balaban J connectivity index is 1.68. The Kier molecular flexibility index (Phi) is 4.60. The van der Waals surface area contributed by atoms with Gasteiger partial charge in [-0.2, -0.15) is 0 Å². The minimum Gasteiger partial charge on any atom is -0.456 e. The Morgan fingerprint density at radius 2 is 2.11 bits per heavy atom. The van der Waals surface area contributed by atoms with Gasteiger partial charge in [0.05, 0.1) is 15.2 Å². The standard InChI is InChI=1S/C19H17BrClN3O3/c20-13-9-23-17(8-16(13)27-12-3-4-15(22)14(21)7-12)24(18(26)11-1-2-11)19(10-25)5-6-19/h3-4,7-11H,1-2,5-6,22H2. The Hall–Kier alpha value is -2.12. The Bertz CT molecular complexity index is 928. The highest BCUT2D eigenvalue weighted by molar-refractivity contribution is 9.10. The number of carbonyl (C=O) groups excluding carboxylic acids is 2. The van der Waals surface area contributed by atoms with Gasteiger partial charge in [0.15, 0.2) is 0 Å². The van der Waals surface area contributed by atoms with Gasteiger partial charge in [-0.05, 0) is 53.7 Å². The van der Waals surface area contributed by atoms with Crippen molar-refractivity contribution in [1.82, 2.24) is 4.98 Å². The maximum atomic E-state index is 12.8. The van der Waals surface area contributed by atoms with Gasteiger partial charge in [0, 0.05) is 24.2 Å². The molecule has 2 aromatic rings. The summed E-state index contributed by atoms with van der Waals surface area (Å²) in [7, 11) is 0. The highest BCUT2D eigenvalue weighted by Gasteiger charge is 2.54. The number of hydrogen-bond acceptors (Lipinski definition) is 5. The zero-order valence-electron chi connectivity index (χ0n) is 14.3. The van der Waals surface area contributed by atoms with Crippen LogP contribution in [0.25, 0.3) is 0 Å². The number of amides is 1. The molecule has 0 bridgehead atoms. The van der Waals surface area contributed by atoms with Crippen molar-refractivity contribution in [3.05, 3.63) is 40.0 Å². The fraction of sp³-hybridized carbons (Fsp3) is 0.316. The summed E-state index contributed by atoms with van der Waals surface area (Å²) in [6.07, 6.45) is 5.43. The number of carbonyl (C=O) groups is 2. The van der Waals surface area contributed by atoms with Crippen molar-refractivity contribution in [2.45, 2.75) is 31.2 Å². The van der Waals surface area contributed by atoms with E-state index in [9.17, 15) is 9.59 Å². The Morgan fingerprint density at radius 3 is 2.70 bits per heavy atom. The summed E-state index contributed by atoms with van der Waals surface area (Å²) in [6.45, 7) is 0. The van der Waals surface area contributed by atoms with Gasteiger partial charge in [0.1, 0.15) is 29.1 Å². The third-order valence-corrected chi connectivity index (χ3v) is 5.73. The number of aromatic nitrogens is 1. The fourth-order valence-corrected chi connectivity index (χ4v) is 3.37. The van der Waals surface area contributed by atoms with E-state index < -0.39 is 5.54 Å². The van der Waals surface area contributed by atoms with E-state index in [0.29, 0.717) is 45.3 Å². The molecule has 1 aromatic heterocycles. The van der Waals surface area contributed by atoms with Gasteiger partial charge in [-0.3, -0.25) is 9.69 Å². The van der Waals surface area contributed by atoms with Crippen LogP contribution in [0.15, 0.2) is 34.9 Å². The number of hydrogen-bond donors (Lipinski definition) is 1. The number of benzene rings is 1. The fourth-order valence-electron chi connectivity index (χ4n) is 2.90. The van der Waals surface area contributed by atoms with Crippen LogP contribution in [0, 0.1) is 5.92 Å². The predicted molar refractivity (Wildman–Crippen MR) is 106 cm³/mol. The van der Waals surface area contributed by atoms with Gasteiger partial charge >= 0.3 is 0 Å². The number of nitrogen functional groups attached to an aromatic ring is 1. The SMILES string of the molecule is Nc1ccc(Oc2cc(N(C(=O)C3CC3)C3(C=O)CC3)ncc2Br)cc1Cl. The zero-order valence-corrected chi connectivity index (χ0v) is 16.7. The smallest absolute Gasteiger partial charge is 0.232 e. The zero-order chi connectivity index (χ0) is 19.2. The van der Waals surface area contributed by atoms with Gasteiger partial charge in [-0.15, -0.1) is 0 Å². The van der Waals surface area contributed by atoms with Crippen molar-refractivity contribution >= 4 is 51.2 Å².